The Morgan fingerprint density at radius 3 is 2.33 bits per heavy atom. The van der Waals surface area contributed by atoms with E-state index in [2.05, 4.69) is 47.9 Å². The fourth-order valence-corrected chi connectivity index (χ4v) is 2.62. The monoisotopic (exact) mass is 292 g/mol. The number of hydrazine groups is 1. The lowest BCUT2D eigenvalue weighted by atomic mass is 10.2. The molecule has 0 spiro atoms. The number of aromatic nitrogens is 2. The number of rotatable bonds is 5. The molecule has 0 amide bonds. The molecule has 2 rings (SSSR count). The predicted octanol–water partition coefficient (Wildman–Crippen LogP) is 1.66. The van der Waals surface area contributed by atoms with Gasteiger partial charge < -0.3 is 10.3 Å². The van der Waals surface area contributed by atoms with Gasteiger partial charge >= 0.3 is 0 Å². The second kappa shape index (κ2) is 7.04. The Hall–Kier alpha value is -1.40. The van der Waals surface area contributed by atoms with E-state index in [4.69, 9.17) is 10.8 Å². The number of nitrogens with two attached hydrogens (primary N) is 1. The van der Waals surface area contributed by atoms with Crippen molar-refractivity contribution in [3.8, 4) is 0 Å². The van der Waals surface area contributed by atoms with Crippen LogP contribution in [0.25, 0.3) is 0 Å². The zero-order valence-corrected chi connectivity index (χ0v) is 13.6. The molecule has 1 fully saturated rings. The molecule has 0 aromatic carbocycles. The van der Waals surface area contributed by atoms with Gasteiger partial charge in [-0.2, -0.15) is 0 Å². The first-order valence-electron chi connectivity index (χ1n) is 7.82. The Labute approximate surface area is 127 Å². The highest BCUT2D eigenvalue weighted by atomic mass is 15.3. The van der Waals surface area contributed by atoms with Gasteiger partial charge in [-0.05, 0) is 5.92 Å². The molecule has 1 aliphatic heterocycles. The average Bonchev–Trinajstić information content (AvgIpc) is 2.46. The first-order valence-corrected chi connectivity index (χ1v) is 7.82. The topological polar surface area (TPSA) is 70.3 Å². The third-order valence-electron chi connectivity index (χ3n) is 3.71. The minimum atomic E-state index is 0.291. The van der Waals surface area contributed by atoms with Crippen LogP contribution in [0.1, 0.15) is 39.4 Å². The van der Waals surface area contributed by atoms with Crippen molar-refractivity contribution in [2.24, 2.45) is 11.8 Å². The van der Waals surface area contributed by atoms with Crippen molar-refractivity contribution in [1.82, 2.24) is 14.9 Å². The standard InChI is InChI=1S/C15H28N6/c1-11(2)10-20-5-7-21(8-6-20)14-9-13(19-16)17-15(18-14)12(3)4/h9,11-12H,5-8,10,16H2,1-4H3,(H,17,18,19). The highest BCUT2D eigenvalue weighted by Gasteiger charge is 2.20. The van der Waals surface area contributed by atoms with Gasteiger partial charge in [0.25, 0.3) is 0 Å². The van der Waals surface area contributed by atoms with E-state index in [0.717, 1.165) is 43.7 Å². The maximum absolute atomic E-state index is 5.53. The van der Waals surface area contributed by atoms with Gasteiger partial charge in [0.05, 0.1) is 0 Å². The van der Waals surface area contributed by atoms with Crippen LogP contribution < -0.4 is 16.2 Å². The van der Waals surface area contributed by atoms with Crippen LogP contribution in [0, 0.1) is 5.92 Å². The van der Waals surface area contributed by atoms with E-state index in [1.807, 2.05) is 6.07 Å². The van der Waals surface area contributed by atoms with Gasteiger partial charge in [0.1, 0.15) is 17.5 Å². The lowest BCUT2D eigenvalue weighted by molar-refractivity contribution is 0.231. The number of hydrogen-bond acceptors (Lipinski definition) is 6. The summed E-state index contributed by atoms with van der Waals surface area (Å²) in [5.74, 6) is 9.04. The van der Waals surface area contributed by atoms with Crippen molar-refractivity contribution in [3.05, 3.63) is 11.9 Å². The van der Waals surface area contributed by atoms with Crippen LogP contribution in [0.4, 0.5) is 11.6 Å². The summed E-state index contributed by atoms with van der Waals surface area (Å²) in [6.07, 6.45) is 0. The van der Waals surface area contributed by atoms with Crippen molar-refractivity contribution in [1.29, 1.82) is 0 Å². The number of nitrogens with zero attached hydrogens (tertiary/aromatic N) is 4. The molecule has 21 heavy (non-hydrogen) atoms. The molecular weight excluding hydrogens is 264 g/mol. The summed E-state index contributed by atoms with van der Waals surface area (Å²) in [6.45, 7) is 14.1. The SMILES string of the molecule is CC(C)CN1CCN(c2cc(NN)nc(C(C)C)n2)CC1. The Morgan fingerprint density at radius 2 is 1.81 bits per heavy atom. The summed E-state index contributed by atoms with van der Waals surface area (Å²) in [7, 11) is 0. The smallest absolute Gasteiger partial charge is 0.145 e. The molecule has 0 radical (unpaired) electrons. The molecule has 0 unspecified atom stereocenters. The Kier molecular flexibility index (Phi) is 5.36. The Balaban J connectivity index is 2.07. The maximum atomic E-state index is 5.53. The van der Waals surface area contributed by atoms with Crippen LogP contribution in [0.2, 0.25) is 0 Å². The van der Waals surface area contributed by atoms with Gasteiger partial charge in [0.15, 0.2) is 0 Å². The Morgan fingerprint density at radius 1 is 1.14 bits per heavy atom. The third-order valence-corrected chi connectivity index (χ3v) is 3.71. The second-order valence-corrected chi connectivity index (χ2v) is 6.45. The van der Waals surface area contributed by atoms with E-state index in [9.17, 15) is 0 Å². The van der Waals surface area contributed by atoms with Crippen LogP contribution in [-0.2, 0) is 0 Å². The first-order chi connectivity index (χ1) is 9.99. The van der Waals surface area contributed by atoms with Crippen molar-refractivity contribution >= 4 is 11.6 Å². The average molecular weight is 292 g/mol. The van der Waals surface area contributed by atoms with Gasteiger partial charge in [-0.15, -0.1) is 0 Å². The van der Waals surface area contributed by atoms with E-state index < -0.39 is 0 Å². The summed E-state index contributed by atoms with van der Waals surface area (Å²) in [5, 5.41) is 0. The number of hydrogen-bond donors (Lipinski definition) is 2. The molecule has 1 aromatic rings. The highest BCUT2D eigenvalue weighted by Crippen LogP contribution is 2.21. The summed E-state index contributed by atoms with van der Waals surface area (Å²) in [6, 6.07) is 1.93. The van der Waals surface area contributed by atoms with Crippen LogP contribution in [0.5, 0.6) is 0 Å². The van der Waals surface area contributed by atoms with Gasteiger partial charge in [-0.1, -0.05) is 27.7 Å². The fourth-order valence-electron chi connectivity index (χ4n) is 2.62. The van der Waals surface area contributed by atoms with Crippen molar-refractivity contribution in [2.75, 3.05) is 43.0 Å². The van der Waals surface area contributed by atoms with Gasteiger partial charge in [0, 0.05) is 44.7 Å². The van der Waals surface area contributed by atoms with E-state index in [0.29, 0.717) is 11.7 Å². The molecular formula is C15H28N6. The molecule has 2 heterocycles. The van der Waals surface area contributed by atoms with Crippen molar-refractivity contribution in [3.63, 3.8) is 0 Å². The first kappa shape index (κ1) is 16.0. The molecule has 3 N–H and O–H groups in total. The minimum Gasteiger partial charge on any atom is -0.354 e. The lowest BCUT2D eigenvalue weighted by Crippen LogP contribution is -2.47. The van der Waals surface area contributed by atoms with Crippen LogP contribution in [0.3, 0.4) is 0 Å². The molecule has 1 aromatic heterocycles. The van der Waals surface area contributed by atoms with E-state index >= 15 is 0 Å². The summed E-state index contributed by atoms with van der Waals surface area (Å²) >= 11 is 0. The lowest BCUT2D eigenvalue weighted by Gasteiger charge is -2.36. The molecule has 0 saturated carbocycles. The highest BCUT2D eigenvalue weighted by molar-refractivity contribution is 5.49. The normalized spacial score (nSPS) is 16.8. The van der Waals surface area contributed by atoms with Gasteiger partial charge in [-0.3, -0.25) is 4.90 Å². The molecule has 0 bridgehead atoms. The molecule has 6 heteroatoms. The van der Waals surface area contributed by atoms with Crippen LogP contribution in [-0.4, -0.2) is 47.6 Å². The zero-order valence-electron chi connectivity index (χ0n) is 13.6. The predicted molar refractivity (Wildman–Crippen MR) is 87.4 cm³/mol. The number of anilines is 2. The van der Waals surface area contributed by atoms with Gasteiger partial charge in [0.2, 0.25) is 0 Å². The van der Waals surface area contributed by atoms with Crippen LogP contribution in [0.15, 0.2) is 6.07 Å². The molecule has 1 saturated heterocycles. The minimum absolute atomic E-state index is 0.291. The van der Waals surface area contributed by atoms with Crippen molar-refractivity contribution < 1.29 is 0 Å². The molecule has 6 nitrogen and oxygen atoms in total. The van der Waals surface area contributed by atoms with Gasteiger partial charge in [-0.25, -0.2) is 15.8 Å². The van der Waals surface area contributed by atoms with E-state index in [1.54, 1.807) is 0 Å². The zero-order chi connectivity index (χ0) is 15.4. The molecule has 118 valence electrons. The number of nitrogen functional groups attached to an aromatic ring is 1. The van der Waals surface area contributed by atoms with Crippen LogP contribution >= 0.6 is 0 Å². The summed E-state index contributed by atoms with van der Waals surface area (Å²) < 4.78 is 0. The fraction of sp³-hybridized carbons (Fsp3) is 0.733. The second-order valence-electron chi connectivity index (χ2n) is 6.45. The maximum Gasteiger partial charge on any atom is 0.145 e. The number of piperazine rings is 1. The van der Waals surface area contributed by atoms with Crippen molar-refractivity contribution in [2.45, 2.75) is 33.6 Å². The third kappa shape index (κ3) is 4.28. The summed E-state index contributed by atoms with van der Waals surface area (Å²) in [4.78, 5) is 14.0. The quantitative estimate of drug-likeness (QED) is 0.635. The van der Waals surface area contributed by atoms with E-state index in [1.165, 1.54) is 6.54 Å². The molecule has 1 aliphatic rings. The molecule has 0 aliphatic carbocycles. The Bertz CT molecular complexity index is 451. The van der Waals surface area contributed by atoms with E-state index in [-0.39, 0.29) is 0 Å². The number of nitrogens with one attached hydrogen (secondary N) is 1. The largest absolute Gasteiger partial charge is 0.354 e. The molecule has 0 atom stereocenters. The summed E-state index contributed by atoms with van der Waals surface area (Å²) in [5.41, 5.74) is 2.65.